The highest BCUT2D eigenvalue weighted by molar-refractivity contribution is 6.31. The Kier molecular flexibility index (Phi) is 8.00. The molecular weight excluding hydrogens is 379 g/mol. The lowest BCUT2D eigenvalue weighted by molar-refractivity contribution is -0.141. The fraction of sp³-hybridized carbons (Fsp3) is 0.364. The van der Waals surface area contributed by atoms with Gasteiger partial charge in [-0.3, -0.25) is 9.59 Å². The van der Waals surface area contributed by atoms with Crippen LogP contribution < -0.4 is 5.32 Å². The Morgan fingerprint density at radius 2 is 1.68 bits per heavy atom. The van der Waals surface area contributed by atoms with Crippen molar-refractivity contribution in [1.82, 2.24) is 10.2 Å². The summed E-state index contributed by atoms with van der Waals surface area (Å²) in [5, 5.41) is 3.38. The molecule has 6 heteroatoms. The first-order valence-corrected chi connectivity index (χ1v) is 9.77. The van der Waals surface area contributed by atoms with Crippen LogP contribution in [-0.4, -0.2) is 28.8 Å². The van der Waals surface area contributed by atoms with Gasteiger partial charge in [0.1, 0.15) is 11.9 Å². The molecule has 2 rings (SSSR count). The number of carbonyl (C=O) groups is 2. The van der Waals surface area contributed by atoms with E-state index in [0.29, 0.717) is 17.0 Å². The van der Waals surface area contributed by atoms with Crippen LogP contribution >= 0.6 is 11.6 Å². The maximum atomic E-state index is 14.0. The SMILES string of the molecule is CC[C@@H](C(=O)NC(C)C)N(Cc1ccccc1Cl)C(=O)Cc1ccccc1F. The molecule has 0 aliphatic carbocycles. The summed E-state index contributed by atoms with van der Waals surface area (Å²) in [7, 11) is 0. The number of halogens is 2. The van der Waals surface area contributed by atoms with Crippen LogP contribution in [0.3, 0.4) is 0 Å². The first-order valence-electron chi connectivity index (χ1n) is 9.40. The average Bonchev–Trinajstić information content (AvgIpc) is 2.64. The van der Waals surface area contributed by atoms with Crippen molar-refractivity contribution in [3.05, 3.63) is 70.5 Å². The van der Waals surface area contributed by atoms with Crippen LogP contribution in [0.5, 0.6) is 0 Å². The van der Waals surface area contributed by atoms with E-state index in [-0.39, 0.29) is 30.8 Å². The molecule has 0 heterocycles. The van der Waals surface area contributed by atoms with E-state index in [4.69, 9.17) is 11.6 Å². The van der Waals surface area contributed by atoms with Gasteiger partial charge in [0.25, 0.3) is 0 Å². The van der Waals surface area contributed by atoms with Crippen LogP contribution in [0.25, 0.3) is 0 Å². The van der Waals surface area contributed by atoms with E-state index < -0.39 is 11.9 Å². The maximum absolute atomic E-state index is 14.0. The van der Waals surface area contributed by atoms with Crippen LogP contribution in [0.2, 0.25) is 5.02 Å². The molecule has 150 valence electrons. The second-order valence-corrected chi connectivity index (χ2v) is 7.38. The molecule has 2 aromatic carbocycles. The third-order valence-corrected chi connectivity index (χ3v) is 4.78. The Bertz CT molecular complexity index is 826. The highest BCUT2D eigenvalue weighted by Gasteiger charge is 2.29. The Labute approximate surface area is 170 Å². The molecule has 2 amide bonds. The summed E-state index contributed by atoms with van der Waals surface area (Å²) in [5.41, 5.74) is 1.04. The predicted molar refractivity (Wildman–Crippen MR) is 109 cm³/mol. The van der Waals surface area contributed by atoms with Crippen LogP contribution in [0, 0.1) is 5.82 Å². The van der Waals surface area contributed by atoms with Gasteiger partial charge < -0.3 is 10.2 Å². The van der Waals surface area contributed by atoms with Crippen molar-refractivity contribution in [2.75, 3.05) is 0 Å². The Morgan fingerprint density at radius 3 is 2.25 bits per heavy atom. The monoisotopic (exact) mass is 404 g/mol. The summed E-state index contributed by atoms with van der Waals surface area (Å²) in [4.78, 5) is 27.3. The molecule has 28 heavy (non-hydrogen) atoms. The number of nitrogens with one attached hydrogen (secondary N) is 1. The molecule has 4 nitrogen and oxygen atoms in total. The lowest BCUT2D eigenvalue weighted by Gasteiger charge is -2.31. The third-order valence-electron chi connectivity index (χ3n) is 4.41. The normalized spacial score (nSPS) is 11.9. The van der Waals surface area contributed by atoms with Gasteiger partial charge in [0, 0.05) is 17.6 Å². The third kappa shape index (κ3) is 5.80. The summed E-state index contributed by atoms with van der Waals surface area (Å²) in [6, 6.07) is 12.6. The topological polar surface area (TPSA) is 49.4 Å². The second-order valence-electron chi connectivity index (χ2n) is 6.97. The highest BCUT2D eigenvalue weighted by Crippen LogP contribution is 2.21. The van der Waals surface area contributed by atoms with Gasteiger partial charge in [-0.25, -0.2) is 4.39 Å². The van der Waals surface area contributed by atoms with Crippen molar-refractivity contribution in [3.8, 4) is 0 Å². The maximum Gasteiger partial charge on any atom is 0.243 e. The first kappa shape index (κ1) is 21.9. The summed E-state index contributed by atoms with van der Waals surface area (Å²) >= 11 is 6.27. The zero-order chi connectivity index (χ0) is 20.7. The minimum Gasteiger partial charge on any atom is -0.352 e. The van der Waals surface area contributed by atoms with E-state index in [1.54, 1.807) is 30.3 Å². The molecule has 1 atom stereocenters. The van der Waals surface area contributed by atoms with Crippen molar-refractivity contribution < 1.29 is 14.0 Å². The van der Waals surface area contributed by atoms with E-state index in [1.807, 2.05) is 32.9 Å². The molecule has 0 radical (unpaired) electrons. The number of rotatable bonds is 8. The fourth-order valence-corrected chi connectivity index (χ4v) is 3.21. The molecule has 0 spiro atoms. The van der Waals surface area contributed by atoms with E-state index in [1.165, 1.54) is 11.0 Å². The summed E-state index contributed by atoms with van der Waals surface area (Å²) in [5.74, 6) is -0.990. The van der Waals surface area contributed by atoms with Crippen LogP contribution in [0.4, 0.5) is 4.39 Å². The minimum absolute atomic E-state index is 0.0506. The van der Waals surface area contributed by atoms with Gasteiger partial charge in [-0.1, -0.05) is 54.9 Å². The molecule has 0 saturated carbocycles. The molecular formula is C22H26ClFN2O2. The molecule has 0 aromatic heterocycles. The van der Waals surface area contributed by atoms with Crippen molar-refractivity contribution in [2.24, 2.45) is 0 Å². The van der Waals surface area contributed by atoms with Crippen LogP contribution in [-0.2, 0) is 22.6 Å². The zero-order valence-corrected chi connectivity index (χ0v) is 17.2. The van der Waals surface area contributed by atoms with E-state index in [9.17, 15) is 14.0 Å². The number of hydrogen-bond donors (Lipinski definition) is 1. The van der Waals surface area contributed by atoms with Gasteiger partial charge in [0.05, 0.1) is 6.42 Å². The summed E-state index contributed by atoms with van der Waals surface area (Å²) < 4.78 is 14.0. The summed E-state index contributed by atoms with van der Waals surface area (Å²) in [6.45, 7) is 5.76. The van der Waals surface area contributed by atoms with Gasteiger partial charge in [-0.05, 0) is 43.5 Å². The van der Waals surface area contributed by atoms with Crippen LogP contribution in [0.1, 0.15) is 38.3 Å². The van der Waals surface area contributed by atoms with Crippen LogP contribution in [0.15, 0.2) is 48.5 Å². The largest absolute Gasteiger partial charge is 0.352 e. The molecule has 1 N–H and O–H groups in total. The standard InChI is InChI=1S/C22H26ClFN2O2/c1-4-20(22(28)25-15(2)3)26(14-17-10-5-7-11-18(17)23)21(27)13-16-9-6-8-12-19(16)24/h5-12,15,20H,4,13-14H2,1-3H3,(H,25,28)/t20-/m0/s1. The smallest absolute Gasteiger partial charge is 0.243 e. The van der Waals surface area contributed by atoms with E-state index in [0.717, 1.165) is 5.56 Å². The van der Waals surface area contributed by atoms with Gasteiger partial charge in [-0.15, -0.1) is 0 Å². The lowest BCUT2D eigenvalue weighted by Crippen LogP contribution is -2.50. The van der Waals surface area contributed by atoms with E-state index >= 15 is 0 Å². The molecule has 0 bridgehead atoms. The molecule has 0 fully saturated rings. The average molecular weight is 405 g/mol. The number of benzene rings is 2. The minimum atomic E-state index is -0.669. The van der Waals surface area contributed by atoms with Gasteiger partial charge in [0.15, 0.2) is 0 Å². The van der Waals surface area contributed by atoms with Crippen molar-refractivity contribution in [2.45, 2.75) is 52.2 Å². The van der Waals surface area contributed by atoms with E-state index in [2.05, 4.69) is 5.32 Å². The number of amides is 2. The van der Waals surface area contributed by atoms with Crippen molar-refractivity contribution >= 4 is 23.4 Å². The second kappa shape index (κ2) is 10.2. The number of nitrogens with zero attached hydrogens (tertiary/aromatic N) is 1. The van der Waals surface area contributed by atoms with Gasteiger partial charge >= 0.3 is 0 Å². The number of hydrogen-bond acceptors (Lipinski definition) is 2. The highest BCUT2D eigenvalue weighted by atomic mass is 35.5. The lowest BCUT2D eigenvalue weighted by atomic mass is 10.1. The predicted octanol–water partition coefficient (Wildman–Crippen LogP) is 4.35. The van der Waals surface area contributed by atoms with Crippen molar-refractivity contribution in [1.29, 1.82) is 0 Å². The Morgan fingerprint density at radius 1 is 1.07 bits per heavy atom. The first-order chi connectivity index (χ1) is 13.3. The quantitative estimate of drug-likeness (QED) is 0.710. The Hall–Kier alpha value is -2.40. The zero-order valence-electron chi connectivity index (χ0n) is 16.4. The molecule has 0 unspecified atom stereocenters. The van der Waals surface area contributed by atoms with Gasteiger partial charge in [0.2, 0.25) is 11.8 Å². The fourth-order valence-electron chi connectivity index (χ4n) is 3.02. The Balaban J connectivity index is 2.33. The summed E-state index contributed by atoms with van der Waals surface area (Å²) in [6.07, 6.45) is 0.314. The van der Waals surface area contributed by atoms with Gasteiger partial charge in [-0.2, -0.15) is 0 Å². The number of carbonyl (C=O) groups excluding carboxylic acids is 2. The molecule has 2 aromatic rings. The molecule has 0 saturated heterocycles. The molecule has 0 aliphatic heterocycles. The van der Waals surface area contributed by atoms with Crippen molar-refractivity contribution in [3.63, 3.8) is 0 Å². The molecule has 0 aliphatic rings.